The van der Waals surface area contributed by atoms with Gasteiger partial charge in [-0.25, -0.2) is 8.42 Å². The third-order valence-electron chi connectivity index (χ3n) is 6.56. The van der Waals surface area contributed by atoms with Crippen LogP contribution in [0, 0.1) is 0 Å². The number of piperidine rings is 1. The van der Waals surface area contributed by atoms with Gasteiger partial charge in [-0.3, -0.25) is 19.3 Å². The standard InChI is InChI=1S/C24H31N5O4S/c1-5-28(6-2)11-12-29-10-9-20-22(24(29)31)15(3)21(25-20)14-18-17-13-16(27-34(4,32)33)7-8-19(17)26-23(18)30/h7-8,13-14,18,27H,5-6,9-12H2,1-4H3,(H,26,30). The number of likely N-dealkylation sites (tertiary alicyclic amines) is 1. The van der Waals surface area contributed by atoms with E-state index in [4.69, 9.17) is 4.99 Å². The molecule has 1 aromatic rings. The van der Waals surface area contributed by atoms with Crippen LogP contribution in [0.5, 0.6) is 0 Å². The number of fused-ring (bicyclic) bond motifs is 2. The van der Waals surface area contributed by atoms with Crippen LogP contribution in [0.4, 0.5) is 11.4 Å². The predicted molar refractivity (Wildman–Crippen MR) is 133 cm³/mol. The number of anilines is 2. The Morgan fingerprint density at radius 1 is 1.26 bits per heavy atom. The summed E-state index contributed by atoms with van der Waals surface area (Å²) in [6.45, 7) is 10.2. The summed E-state index contributed by atoms with van der Waals surface area (Å²) in [5.74, 6) is -0.840. The third kappa shape index (κ3) is 4.78. The Bertz CT molecular complexity index is 1230. The Morgan fingerprint density at radius 2 is 2.00 bits per heavy atom. The van der Waals surface area contributed by atoms with Gasteiger partial charge in [-0.15, -0.1) is 0 Å². The van der Waals surface area contributed by atoms with Crippen LogP contribution in [0.3, 0.4) is 0 Å². The van der Waals surface area contributed by atoms with Crippen LogP contribution in [0.15, 0.2) is 46.1 Å². The molecule has 0 saturated carbocycles. The molecule has 1 aromatic carbocycles. The maximum absolute atomic E-state index is 13.2. The SMILES string of the molecule is CCN(CC)CCN1CCC2=NC(=CC3C(=O)Nc4ccc(NS(C)(=O)=O)cc43)C(C)=C2C1=O. The number of sulfonamides is 1. The number of nitrogens with one attached hydrogen (secondary N) is 2. The van der Waals surface area contributed by atoms with Gasteiger partial charge in [0.2, 0.25) is 15.9 Å². The second kappa shape index (κ2) is 9.34. The largest absolute Gasteiger partial charge is 0.337 e. The van der Waals surface area contributed by atoms with Crippen LogP contribution in [-0.4, -0.2) is 74.7 Å². The smallest absolute Gasteiger partial charge is 0.256 e. The Kier molecular flexibility index (Phi) is 6.64. The number of carbonyl (C=O) groups excluding carboxylic acids is 2. The van der Waals surface area contributed by atoms with E-state index in [-0.39, 0.29) is 11.8 Å². The van der Waals surface area contributed by atoms with Crippen LogP contribution >= 0.6 is 0 Å². The molecule has 2 amide bonds. The summed E-state index contributed by atoms with van der Waals surface area (Å²) in [7, 11) is -3.44. The van der Waals surface area contributed by atoms with Gasteiger partial charge >= 0.3 is 0 Å². The number of benzene rings is 1. The zero-order valence-electron chi connectivity index (χ0n) is 20.0. The van der Waals surface area contributed by atoms with Gasteiger partial charge in [-0.05, 0) is 55.4 Å². The summed E-state index contributed by atoms with van der Waals surface area (Å²) in [5.41, 5.74) is 4.52. The zero-order valence-corrected chi connectivity index (χ0v) is 20.8. The molecule has 9 nitrogen and oxygen atoms in total. The molecule has 1 saturated heterocycles. The fourth-order valence-electron chi connectivity index (χ4n) is 4.66. The van der Waals surface area contributed by atoms with Crippen LogP contribution in [0.1, 0.15) is 38.7 Å². The lowest BCUT2D eigenvalue weighted by Gasteiger charge is -2.30. The Morgan fingerprint density at radius 3 is 2.68 bits per heavy atom. The molecule has 1 fully saturated rings. The molecule has 1 unspecified atom stereocenters. The van der Waals surface area contributed by atoms with Crippen molar-refractivity contribution in [2.24, 2.45) is 4.99 Å². The molecular formula is C24H31N5O4S. The molecule has 0 aliphatic carbocycles. The average molecular weight is 486 g/mol. The lowest BCUT2D eigenvalue weighted by Crippen LogP contribution is -2.44. The normalized spacial score (nSPS) is 21.2. The van der Waals surface area contributed by atoms with Crippen LogP contribution in [0.25, 0.3) is 0 Å². The van der Waals surface area contributed by atoms with Gasteiger partial charge in [0, 0.05) is 37.4 Å². The summed E-state index contributed by atoms with van der Waals surface area (Å²) in [5, 5.41) is 2.84. The molecule has 3 aliphatic heterocycles. The molecule has 10 heteroatoms. The molecule has 0 aromatic heterocycles. The van der Waals surface area contributed by atoms with Gasteiger partial charge in [-0.1, -0.05) is 13.8 Å². The van der Waals surface area contributed by atoms with Crippen molar-refractivity contribution in [3.63, 3.8) is 0 Å². The number of rotatable bonds is 8. The van der Waals surface area contributed by atoms with Gasteiger partial charge in [0.25, 0.3) is 5.91 Å². The minimum Gasteiger partial charge on any atom is -0.337 e. The maximum atomic E-state index is 13.2. The lowest BCUT2D eigenvalue weighted by molar-refractivity contribution is -0.127. The van der Waals surface area contributed by atoms with Crippen molar-refractivity contribution in [2.75, 3.05) is 49.0 Å². The van der Waals surface area contributed by atoms with Crippen molar-refractivity contribution in [1.29, 1.82) is 0 Å². The van der Waals surface area contributed by atoms with E-state index < -0.39 is 15.9 Å². The summed E-state index contributed by atoms with van der Waals surface area (Å²) >= 11 is 0. The summed E-state index contributed by atoms with van der Waals surface area (Å²) < 4.78 is 25.7. The van der Waals surface area contributed by atoms with Crippen molar-refractivity contribution in [1.82, 2.24) is 9.80 Å². The van der Waals surface area contributed by atoms with Gasteiger partial charge in [0.05, 0.1) is 29.2 Å². The first kappa shape index (κ1) is 24.2. The van der Waals surface area contributed by atoms with Crippen molar-refractivity contribution < 1.29 is 18.0 Å². The van der Waals surface area contributed by atoms with Gasteiger partial charge in [0.15, 0.2) is 0 Å². The number of nitrogens with zero attached hydrogens (tertiary/aromatic N) is 3. The van der Waals surface area contributed by atoms with E-state index in [1.807, 2.05) is 11.8 Å². The number of allylic oxidation sites excluding steroid dienone is 1. The van der Waals surface area contributed by atoms with Crippen molar-refractivity contribution >= 4 is 38.9 Å². The average Bonchev–Trinajstić information content (AvgIpc) is 3.26. The van der Waals surface area contributed by atoms with E-state index >= 15 is 0 Å². The van der Waals surface area contributed by atoms with Gasteiger partial charge in [0.1, 0.15) is 0 Å². The van der Waals surface area contributed by atoms with Crippen LogP contribution in [0.2, 0.25) is 0 Å². The summed E-state index contributed by atoms with van der Waals surface area (Å²) in [6, 6.07) is 4.95. The van der Waals surface area contributed by atoms with E-state index in [2.05, 4.69) is 28.8 Å². The molecule has 0 radical (unpaired) electrons. The molecule has 0 bridgehead atoms. The van der Waals surface area contributed by atoms with Crippen LogP contribution in [-0.2, 0) is 19.6 Å². The Labute approximate surface area is 200 Å². The predicted octanol–water partition coefficient (Wildman–Crippen LogP) is 2.32. The van der Waals surface area contributed by atoms with E-state index in [0.29, 0.717) is 47.7 Å². The van der Waals surface area contributed by atoms with Crippen LogP contribution < -0.4 is 10.0 Å². The first-order valence-electron chi connectivity index (χ1n) is 11.6. The maximum Gasteiger partial charge on any atom is 0.256 e. The topological polar surface area (TPSA) is 111 Å². The highest BCUT2D eigenvalue weighted by Gasteiger charge is 2.36. The monoisotopic (exact) mass is 485 g/mol. The molecule has 182 valence electrons. The Hall–Kier alpha value is -2.98. The second-order valence-electron chi connectivity index (χ2n) is 8.82. The summed E-state index contributed by atoms with van der Waals surface area (Å²) in [4.78, 5) is 34.8. The molecule has 2 N–H and O–H groups in total. The highest BCUT2D eigenvalue weighted by molar-refractivity contribution is 7.92. The number of hydrogen-bond acceptors (Lipinski definition) is 6. The fraction of sp³-hybridized carbons (Fsp3) is 0.458. The highest BCUT2D eigenvalue weighted by atomic mass is 32.2. The van der Waals surface area contributed by atoms with E-state index in [0.717, 1.165) is 37.2 Å². The molecule has 3 heterocycles. The van der Waals surface area contributed by atoms with Crippen molar-refractivity contribution in [3.8, 4) is 0 Å². The number of likely N-dealkylation sites (N-methyl/N-ethyl adjacent to an activating group) is 1. The Balaban J connectivity index is 1.59. The number of amides is 2. The first-order valence-corrected chi connectivity index (χ1v) is 13.5. The quantitative estimate of drug-likeness (QED) is 0.587. The second-order valence-corrected chi connectivity index (χ2v) is 10.6. The molecule has 1 atom stereocenters. The molecule has 0 spiro atoms. The fourth-order valence-corrected chi connectivity index (χ4v) is 5.21. The van der Waals surface area contributed by atoms with Crippen molar-refractivity contribution in [3.05, 3.63) is 46.7 Å². The van der Waals surface area contributed by atoms with E-state index in [1.54, 1.807) is 24.3 Å². The zero-order chi connectivity index (χ0) is 24.6. The number of aliphatic imine (C=N–C) groups is 1. The molecule has 34 heavy (non-hydrogen) atoms. The van der Waals surface area contributed by atoms with E-state index in [9.17, 15) is 18.0 Å². The first-order chi connectivity index (χ1) is 16.1. The highest BCUT2D eigenvalue weighted by Crippen LogP contribution is 2.39. The lowest BCUT2D eigenvalue weighted by atomic mass is 9.95. The van der Waals surface area contributed by atoms with E-state index in [1.165, 1.54) is 0 Å². The summed E-state index contributed by atoms with van der Waals surface area (Å²) in [6.07, 6.45) is 3.54. The minimum absolute atomic E-state index is 0.00558. The minimum atomic E-state index is -3.44. The van der Waals surface area contributed by atoms with Crippen molar-refractivity contribution in [2.45, 2.75) is 33.1 Å². The molecule has 3 aliphatic rings. The third-order valence-corrected chi connectivity index (χ3v) is 7.16. The molecule has 4 rings (SSSR count). The number of hydrogen-bond donors (Lipinski definition) is 2. The van der Waals surface area contributed by atoms with Gasteiger partial charge < -0.3 is 15.1 Å². The number of carbonyl (C=O) groups is 2. The van der Waals surface area contributed by atoms with Gasteiger partial charge in [-0.2, -0.15) is 0 Å². The molecular weight excluding hydrogens is 454 g/mol.